The Morgan fingerprint density at radius 3 is 2.43 bits per heavy atom. The first-order chi connectivity index (χ1) is 13.4. The molecule has 148 valence electrons. The van der Waals surface area contributed by atoms with Gasteiger partial charge in [-0.1, -0.05) is 12.1 Å². The average Bonchev–Trinajstić information content (AvgIpc) is 3.13. The molecule has 4 rings (SSSR count). The van der Waals surface area contributed by atoms with E-state index in [1.807, 2.05) is 24.3 Å². The van der Waals surface area contributed by atoms with Crippen molar-refractivity contribution in [2.45, 2.75) is 17.9 Å². The fourth-order valence-corrected chi connectivity index (χ4v) is 5.83. The molecule has 5 nitrogen and oxygen atoms in total. The van der Waals surface area contributed by atoms with Gasteiger partial charge in [0.1, 0.15) is 5.01 Å². The van der Waals surface area contributed by atoms with E-state index < -0.39 is 21.7 Å². The highest BCUT2D eigenvalue weighted by atomic mass is 32.2. The zero-order chi connectivity index (χ0) is 19.9. The molecule has 0 amide bonds. The molecule has 0 N–H and O–H groups in total. The van der Waals surface area contributed by atoms with E-state index in [0.717, 1.165) is 33.4 Å². The molecule has 1 aromatic heterocycles. The lowest BCUT2D eigenvalue weighted by molar-refractivity contribution is 0.146. The molecule has 1 atom stereocenters. The third-order valence-electron chi connectivity index (χ3n) is 5.02. The van der Waals surface area contributed by atoms with E-state index in [1.165, 1.54) is 4.31 Å². The fraction of sp³-hybridized carbons (Fsp3) is 0.316. The minimum atomic E-state index is -3.85. The molecule has 1 aliphatic rings. The second-order valence-electron chi connectivity index (χ2n) is 6.71. The SMILES string of the molecule is CC(c1nc2ccccc2s1)N1CCN(S(=O)(=O)c2ccc(F)c(F)c2)CC1. The first kappa shape index (κ1) is 19.4. The number of para-hydroxylation sites is 1. The minimum absolute atomic E-state index is 0.0746. The molecular weight excluding hydrogens is 404 g/mol. The van der Waals surface area contributed by atoms with E-state index in [1.54, 1.807) is 11.3 Å². The van der Waals surface area contributed by atoms with Gasteiger partial charge in [0.2, 0.25) is 10.0 Å². The van der Waals surface area contributed by atoms with Crippen LogP contribution in [-0.2, 0) is 10.0 Å². The third-order valence-corrected chi connectivity index (χ3v) is 8.12. The molecule has 0 bridgehead atoms. The van der Waals surface area contributed by atoms with Gasteiger partial charge in [0.25, 0.3) is 0 Å². The lowest BCUT2D eigenvalue weighted by atomic mass is 10.2. The van der Waals surface area contributed by atoms with Gasteiger partial charge in [-0.2, -0.15) is 4.31 Å². The number of hydrogen-bond donors (Lipinski definition) is 0. The van der Waals surface area contributed by atoms with Crippen LogP contribution in [0.1, 0.15) is 18.0 Å². The van der Waals surface area contributed by atoms with E-state index in [4.69, 9.17) is 0 Å². The maximum atomic E-state index is 13.4. The minimum Gasteiger partial charge on any atom is -0.292 e. The van der Waals surface area contributed by atoms with Crippen molar-refractivity contribution < 1.29 is 17.2 Å². The quantitative estimate of drug-likeness (QED) is 0.643. The highest BCUT2D eigenvalue weighted by Crippen LogP contribution is 2.30. The van der Waals surface area contributed by atoms with Crippen molar-refractivity contribution in [2.75, 3.05) is 26.2 Å². The fourth-order valence-electron chi connectivity index (χ4n) is 3.34. The Labute approximate surface area is 166 Å². The molecule has 0 aliphatic carbocycles. The molecule has 2 aromatic carbocycles. The van der Waals surface area contributed by atoms with Crippen molar-refractivity contribution in [3.8, 4) is 0 Å². The van der Waals surface area contributed by atoms with E-state index in [0.29, 0.717) is 13.1 Å². The number of sulfonamides is 1. The molecule has 3 aromatic rings. The standard InChI is InChI=1S/C19H19F2N3O2S2/c1-13(19-22-17-4-2-3-5-18(17)27-19)23-8-10-24(11-9-23)28(25,26)14-6-7-15(20)16(21)12-14/h2-7,12-13H,8-11H2,1H3. The van der Waals surface area contributed by atoms with Crippen LogP contribution in [0.3, 0.4) is 0 Å². The predicted octanol–water partition coefficient (Wildman–Crippen LogP) is 3.64. The molecule has 1 fully saturated rings. The van der Waals surface area contributed by atoms with Gasteiger partial charge in [-0.15, -0.1) is 11.3 Å². The largest absolute Gasteiger partial charge is 0.292 e. The maximum Gasteiger partial charge on any atom is 0.243 e. The summed E-state index contributed by atoms with van der Waals surface area (Å²) >= 11 is 1.64. The zero-order valence-electron chi connectivity index (χ0n) is 15.2. The molecule has 0 spiro atoms. The number of benzene rings is 2. The third kappa shape index (κ3) is 3.55. The van der Waals surface area contributed by atoms with Crippen molar-refractivity contribution in [2.24, 2.45) is 0 Å². The first-order valence-corrected chi connectivity index (χ1v) is 11.2. The smallest absolute Gasteiger partial charge is 0.243 e. The highest BCUT2D eigenvalue weighted by Gasteiger charge is 2.31. The second-order valence-corrected chi connectivity index (χ2v) is 9.71. The topological polar surface area (TPSA) is 53.5 Å². The summed E-state index contributed by atoms with van der Waals surface area (Å²) in [5, 5.41) is 0.998. The summed E-state index contributed by atoms with van der Waals surface area (Å²) in [6.07, 6.45) is 0. The van der Waals surface area contributed by atoms with E-state index in [-0.39, 0.29) is 24.0 Å². The molecule has 28 heavy (non-hydrogen) atoms. The van der Waals surface area contributed by atoms with Gasteiger partial charge in [0, 0.05) is 26.2 Å². The summed E-state index contributed by atoms with van der Waals surface area (Å²) in [5.74, 6) is -2.22. The van der Waals surface area contributed by atoms with Crippen LogP contribution < -0.4 is 0 Å². The zero-order valence-corrected chi connectivity index (χ0v) is 16.8. The molecule has 2 heterocycles. The van der Waals surface area contributed by atoms with Gasteiger partial charge in [-0.05, 0) is 37.3 Å². The van der Waals surface area contributed by atoms with Crippen molar-refractivity contribution in [1.82, 2.24) is 14.2 Å². The summed E-state index contributed by atoms with van der Waals surface area (Å²) < 4.78 is 54.5. The molecule has 9 heteroatoms. The Hall–Kier alpha value is -1.94. The van der Waals surface area contributed by atoms with Crippen LogP contribution in [0.4, 0.5) is 8.78 Å². The summed E-state index contributed by atoms with van der Waals surface area (Å²) in [6, 6.07) is 10.7. The van der Waals surface area contributed by atoms with Crippen molar-refractivity contribution in [3.63, 3.8) is 0 Å². The van der Waals surface area contributed by atoms with Gasteiger partial charge in [-0.25, -0.2) is 22.2 Å². The van der Waals surface area contributed by atoms with Crippen LogP contribution in [0.15, 0.2) is 47.4 Å². The van der Waals surface area contributed by atoms with Crippen LogP contribution >= 0.6 is 11.3 Å². The van der Waals surface area contributed by atoms with Crippen LogP contribution in [0, 0.1) is 11.6 Å². The molecule has 0 radical (unpaired) electrons. The second kappa shape index (κ2) is 7.47. The normalized spacial score (nSPS) is 17.8. The lowest BCUT2D eigenvalue weighted by Crippen LogP contribution is -2.49. The van der Waals surface area contributed by atoms with Crippen molar-refractivity contribution in [3.05, 3.63) is 59.1 Å². The summed E-state index contributed by atoms with van der Waals surface area (Å²) in [5.41, 5.74) is 0.967. The Bertz CT molecular complexity index is 1080. The Balaban J connectivity index is 1.47. The monoisotopic (exact) mass is 423 g/mol. The Kier molecular flexibility index (Phi) is 5.17. The maximum absolute atomic E-state index is 13.4. The lowest BCUT2D eigenvalue weighted by Gasteiger charge is -2.36. The molecule has 1 saturated heterocycles. The van der Waals surface area contributed by atoms with Gasteiger partial charge in [0.05, 0.1) is 21.2 Å². The number of fused-ring (bicyclic) bond motifs is 1. The van der Waals surface area contributed by atoms with Gasteiger partial charge >= 0.3 is 0 Å². The number of thiazole rings is 1. The first-order valence-electron chi connectivity index (χ1n) is 8.91. The molecule has 1 unspecified atom stereocenters. The van der Waals surface area contributed by atoms with Crippen LogP contribution in [0.5, 0.6) is 0 Å². The number of halogens is 2. The Morgan fingerprint density at radius 1 is 1.04 bits per heavy atom. The van der Waals surface area contributed by atoms with Crippen molar-refractivity contribution in [1.29, 1.82) is 0 Å². The highest BCUT2D eigenvalue weighted by molar-refractivity contribution is 7.89. The molecular formula is C19H19F2N3O2S2. The summed E-state index contributed by atoms with van der Waals surface area (Å²) in [7, 11) is -3.85. The van der Waals surface area contributed by atoms with E-state index in [9.17, 15) is 17.2 Å². The van der Waals surface area contributed by atoms with Crippen LogP contribution in [0.25, 0.3) is 10.2 Å². The number of aromatic nitrogens is 1. The molecule has 0 saturated carbocycles. The number of hydrogen-bond acceptors (Lipinski definition) is 5. The summed E-state index contributed by atoms with van der Waals surface area (Å²) in [4.78, 5) is 6.66. The Morgan fingerprint density at radius 2 is 1.75 bits per heavy atom. The van der Waals surface area contributed by atoms with E-state index >= 15 is 0 Å². The van der Waals surface area contributed by atoms with Crippen molar-refractivity contribution >= 4 is 31.6 Å². The van der Waals surface area contributed by atoms with Gasteiger partial charge in [0.15, 0.2) is 11.6 Å². The van der Waals surface area contributed by atoms with E-state index in [2.05, 4.69) is 16.8 Å². The number of piperazine rings is 1. The van der Waals surface area contributed by atoms with Crippen LogP contribution in [0.2, 0.25) is 0 Å². The number of nitrogens with zero attached hydrogens (tertiary/aromatic N) is 3. The average molecular weight is 424 g/mol. The predicted molar refractivity (Wildman–Crippen MR) is 105 cm³/mol. The van der Waals surface area contributed by atoms with Gasteiger partial charge in [-0.3, -0.25) is 4.90 Å². The summed E-state index contributed by atoms with van der Waals surface area (Å²) in [6.45, 7) is 3.73. The molecule has 1 aliphatic heterocycles. The van der Waals surface area contributed by atoms with Crippen LogP contribution in [-0.4, -0.2) is 48.8 Å². The van der Waals surface area contributed by atoms with Gasteiger partial charge < -0.3 is 0 Å². The number of rotatable bonds is 4.